The molecule has 0 bridgehead atoms. The van der Waals surface area contributed by atoms with Gasteiger partial charge in [-0.25, -0.2) is 8.42 Å². The molecule has 3 atom stereocenters. The average molecular weight is 413 g/mol. The van der Waals surface area contributed by atoms with Gasteiger partial charge in [0.1, 0.15) is 6.04 Å². The number of carbonyl (C=O) groups is 1. The van der Waals surface area contributed by atoms with Crippen molar-refractivity contribution in [2.45, 2.75) is 18.0 Å². The van der Waals surface area contributed by atoms with Crippen molar-refractivity contribution in [1.29, 1.82) is 5.26 Å². The van der Waals surface area contributed by atoms with E-state index in [9.17, 15) is 23.6 Å². The molecule has 29 heavy (non-hydrogen) atoms. The van der Waals surface area contributed by atoms with Crippen molar-refractivity contribution in [3.63, 3.8) is 0 Å². The summed E-state index contributed by atoms with van der Waals surface area (Å²) in [6, 6.07) is 15.3. The van der Waals surface area contributed by atoms with Gasteiger partial charge in [0.25, 0.3) is 5.91 Å². The van der Waals surface area contributed by atoms with Crippen LogP contribution in [0.5, 0.6) is 0 Å². The molecule has 0 aliphatic carbocycles. The van der Waals surface area contributed by atoms with E-state index in [4.69, 9.17) is 0 Å². The Hall–Kier alpha value is -2.73. The average Bonchev–Trinajstić information content (AvgIpc) is 2.67. The molecule has 0 spiro atoms. The Kier molecular flexibility index (Phi) is 5.75. The van der Waals surface area contributed by atoms with Crippen LogP contribution in [0.3, 0.4) is 0 Å². The molecule has 0 unspecified atom stereocenters. The number of hydrogen-bond donors (Lipinski definition) is 1. The summed E-state index contributed by atoms with van der Waals surface area (Å²) in [6.45, 7) is -0.348. The van der Waals surface area contributed by atoms with Crippen molar-refractivity contribution in [3.05, 3.63) is 59.7 Å². The van der Waals surface area contributed by atoms with Crippen LogP contribution in [0.4, 0.5) is 0 Å². The first kappa shape index (κ1) is 21.0. The molecule has 8 heteroatoms. The van der Waals surface area contributed by atoms with Gasteiger partial charge in [0.05, 0.1) is 25.0 Å². The maximum Gasteiger partial charge on any atom is 0.253 e. The molecule has 0 radical (unpaired) electrons. The Bertz CT molecular complexity index is 1040. The summed E-state index contributed by atoms with van der Waals surface area (Å²) in [5.41, 5.74) is 3.28. The summed E-state index contributed by atoms with van der Waals surface area (Å²) < 4.78 is 24.9. The second-order valence-corrected chi connectivity index (χ2v) is 9.23. The number of aliphatic hydroxyl groups is 1. The molecular weight excluding hydrogens is 390 g/mol. The van der Waals surface area contributed by atoms with Crippen molar-refractivity contribution < 1.29 is 18.3 Å². The van der Waals surface area contributed by atoms with Crippen LogP contribution in [0.1, 0.15) is 21.8 Å². The molecule has 1 fully saturated rings. The zero-order valence-electron chi connectivity index (χ0n) is 16.5. The lowest BCUT2D eigenvalue weighted by atomic mass is 9.78. The number of nitriles is 1. The van der Waals surface area contributed by atoms with Crippen molar-refractivity contribution >= 4 is 15.9 Å². The Morgan fingerprint density at radius 1 is 1.10 bits per heavy atom. The highest BCUT2D eigenvalue weighted by atomic mass is 32.2. The minimum atomic E-state index is -3.58. The molecular formula is C21H23N3O4S. The van der Waals surface area contributed by atoms with Crippen LogP contribution in [-0.2, 0) is 10.0 Å². The highest BCUT2D eigenvalue weighted by Crippen LogP contribution is 2.42. The van der Waals surface area contributed by atoms with Crippen LogP contribution in [0.2, 0.25) is 0 Å². The van der Waals surface area contributed by atoms with Gasteiger partial charge in [-0.1, -0.05) is 36.4 Å². The fourth-order valence-corrected chi connectivity index (χ4v) is 5.06. The maximum absolute atomic E-state index is 12.0. The van der Waals surface area contributed by atoms with Crippen LogP contribution >= 0.6 is 0 Å². The standard InChI is InChI=1S/C21H23N3O4S/c1-23(2)21(26)17-10-6-15(7-11-17)14-4-8-16(9-5-14)20-18(12-22)24(19(20)13-25)29(3,27)28/h4-11,18-20,25H,13H2,1-3H3/t18-,19-,20+/m1/s1. The van der Waals surface area contributed by atoms with Gasteiger partial charge in [-0.05, 0) is 28.8 Å². The number of rotatable bonds is 5. The largest absolute Gasteiger partial charge is 0.395 e. The van der Waals surface area contributed by atoms with Gasteiger partial charge in [0, 0.05) is 25.6 Å². The molecule has 152 valence electrons. The maximum atomic E-state index is 12.0. The van der Waals surface area contributed by atoms with E-state index in [0.29, 0.717) is 5.56 Å². The molecule has 7 nitrogen and oxygen atoms in total. The van der Waals surface area contributed by atoms with Gasteiger partial charge < -0.3 is 10.0 Å². The van der Waals surface area contributed by atoms with Crippen molar-refractivity contribution in [1.82, 2.24) is 9.21 Å². The first-order valence-electron chi connectivity index (χ1n) is 9.10. The van der Waals surface area contributed by atoms with E-state index in [1.54, 1.807) is 26.2 Å². The predicted molar refractivity (Wildman–Crippen MR) is 110 cm³/mol. The normalized spacial score (nSPS) is 21.8. The molecule has 2 aromatic carbocycles. The van der Waals surface area contributed by atoms with E-state index >= 15 is 0 Å². The van der Waals surface area contributed by atoms with E-state index in [-0.39, 0.29) is 18.4 Å². The van der Waals surface area contributed by atoms with Crippen molar-refractivity contribution in [3.8, 4) is 17.2 Å². The zero-order chi connectivity index (χ0) is 21.3. The molecule has 3 rings (SSSR count). The zero-order valence-corrected chi connectivity index (χ0v) is 17.3. The minimum Gasteiger partial charge on any atom is -0.395 e. The Morgan fingerprint density at radius 2 is 1.62 bits per heavy atom. The van der Waals surface area contributed by atoms with E-state index in [1.807, 2.05) is 42.5 Å². The molecule has 1 aliphatic rings. The van der Waals surface area contributed by atoms with Gasteiger partial charge in [0.15, 0.2) is 0 Å². The van der Waals surface area contributed by atoms with Gasteiger partial charge in [-0.15, -0.1) is 0 Å². The second kappa shape index (κ2) is 7.95. The number of benzene rings is 2. The van der Waals surface area contributed by atoms with Crippen molar-refractivity contribution in [2.24, 2.45) is 0 Å². The number of carbonyl (C=O) groups excluding carboxylic acids is 1. The lowest BCUT2D eigenvalue weighted by Gasteiger charge is -2.49. The van der Waals surface area contributed by atoms with Gasteiger partial charge in [-0.3, -0.25) is 4.79 Å². The first-order chi connectivity index (χ1) is 13.7. The summed E-state index contributed by atoms with van der Waals surface area (Å²) in [4.78, 5) is 13.5. The number of aliphatic hydroxyl groups excluding tert-OH is 1. The predicted octanol–water partition coefficient (Wildman–Crippen LogP) is 1.67. The summed E-state index contributed by atoms with van der Waals surface area (Å²) in [5, 5.41) is 19.1. The highest BCUT2D eigenvalue weighted by molar-refractivity contribution is 7.88. The van der Waals surface area contributed by atoms with E-state index < -0.39 is 22.1 Å². The third kappa shape index (κ3) is 3.90. The summed E-state index contributed by atoms with van der Waals surface area (Å²) in [6.07, 6.45) is 1.05. The van der Waals surface area contributed by atoms with Crippen molar-refractivity contribution in [2.75, 3.05) is 27.0 Å². The third-order valence-corrected chi connectivity index (χ3v) is 6.49. The molecule has 0 aromatic heterocycles. The molecule has 0 saturated carbocycles. The fraction of sp³-hybridized carbons (Fsp3) is 0.333. The smallest absolute Gasteiger partial charge is 0.253 e. The van der Waals surface area contributed by atoms with Crippen LogP contribution in [-0.4, -0.2) is 67.7 Å². The van der Waals surface area contributed by atoms with E-state index in [1.165, 1.54) is 4.90 Å². The molecule has 1 saturated heterocycles. The lowest BCUT2D eigenvalue weighted by Crippen LogP contribution is -2.64. The van der Waals surface area contributed by atoms with Gasteiger partial charge >= 0.3 is 0 Å². The second-order valence-electron chi connectivity index (χ2n) is 7.34. The highest BCUT2D eigenvalue weighted by Gasteiger charge is 2.53. The third-order valence-electron chi connectivity index (χ3n) is 5.22. The number of amides is 1. The summed E-state index contributed by atoms with van der Waals surface area (Å²) in [5.74, 6) is -0.446. The van der Waals surface area contributed by atoms with E-state index in [2.05, 4.69) is 0 Å². The summed E-state index contributed by atoms with van der Waals surface area (Å²) in [7, 11) is -0.172. The fourth-order valence-electron chi connectivity index (χ4n) is 3.78. The van der Waals surface area contributed by atoms with Crippen LogP contribution in [0, 0.1) is 11.3 Å². The van der Waals surface area contributed by atoms with Gasteiger partial charge in [0.2, 0.25) is 10.0 Å². The van der Waals surface area contributed by atoms with Crippen LogP contribution in [0.15, 0.2) is 48.5 Å². The first-order valence-corrected chi connectivity index (χ1v) is 10.9. The van der Waals surface area contributed by atoms with Crippen LogP contribution < -0.4 is 0 Å². The quantitative estimate of drug-likeness (QED) is 0.803. The number of nitrogens with zero attached hydrogens (tertiary/aromatic N) is 3. The van der Waals surface area contributed by atoms with Gasteiger partial charge in [-0.2, -0.15) is 9.57 Å². The number of sulfonamides is 1. The van der Waals surface area contributed by atoms with E-state index in [0.717, 1.165) is 27.3 Å². The molecule has 2 aromatic rings. The topological polar surface area (TPSA) is 102 Å². The summed E-state index contributed by atoms with van der Waals surface area (Å²) >= 11 is 0. The Balaban J connectivity index is 1.84. The minimum absolute atomic E-state index is 0.0649. The Labute approximate surface area is 170 Å². The van der Waals surface area contributed by atoms with Crippen LogP contribution in [0.25, 0.3) is 11.1 Å². The molecule has 1 heterocycles. The molecule has 1 aliphatic heterocycles. The SMILES string of the molecule is CN(C)C(=O)c1ccc(-c2ccc([C@H]3[C@@H](C#N)N(S(C)(=O)=O)[C@@H]3CO)cc2)cc1. The molecule has 1 N–H and O–H groups in total. The monoisotopic (exact) mass is 413 g/mol. The number of hydrogen-bond acceptors (Lipinski definition) is 5. The Morgan fingerprint density at radius 3 is 2.03 bits per heavy atom. The molecule has 1 amide bonds. The lowest BCUT2D eigenvalue weighted by molar-refractivity contribution is 0.0564.